The highest BCUT2D eigenvalue weighted by molar-refractivity contribution is 9.10. The molecule has 0 bridgehead atoms. The summed E-state index contributed by atoms with van der Waals surface area (Å²) in [6.45, 7) is -2.16. The van der Waals surface area contributed by atoms with Crippen molar-refractivity contribution in [2.24, 2.45) is 0 Å². The van der Waals surface area contributed by atoms with Crippen LogP contribution in [0.5, 0.6) is 0 Å². The number of rotatable bonds is 1. The van der Waals surface area contributed by atoms with Crippen LogP contribution in [0.15, 0.2) is 71.2 Å². The molecule has 0 unspecified atom stereocenters. The predicted molar refractivity (Wildman–Crippen MR) is 93.2 cm³/mol. The molecule has 4 rings (SSSR count). The number of aromatic nitrogens is 1. The molecule has 0 N–H and O–H groups in total. The third-order valence-electron chi connectivity index (χ3n) is 3.78. The first-order chi connectivity index (χ1) is 11.5. The molecule has 0 atom stereocenters. The van der Waals surface area contributed by atoms with Gasteiger partial charge in [-0.2, -0.15) is 0 Å². The SMILES string of the molecule is [2H]C([2H])([2H])c1ccccc1-n1c2ccccc2c2cc(Br)ccc21. The van der Waals surface area contributed by atoms with E-state index in [1.807, 2.05) is 47.0 Å². The average molecular weight is 339 g/mol. The molecule has 21 heavy (non-hydrogen) atoms. The third kappa shape index (κ3) is 1.90. The zero-order chi connectivity index (χ0) is 16.9. The molecule has 0 saturated carbocycles. The first-order valence-corrected chi connectivity index (χ1v) is 7.55. The quantitative estimate of drug-likeness (QED) is 0.410. The number of fused-ring (bicyclic) bond motifs is 3. The maximum atomic E-state index is 7.88. The summed E-state index contributed by atoms with van der Waals surface area (Å²) in [6.07, 6.45) is 0. The Kier molecular flexibility index (Phi) is 2.21. The van der Waals surface area contributed by atoms with E-state index >= 15 is 0 Å². The van der Waals surface area contributed by atoms with Crippen LogP contribution in [0.2, 0.25) is 0 Å². The highest BCUT2D eigenvalue weighted by Gasteiger charge is 2.12. The van der Waals surface area contributed by atoms with Gasteiger partial charge >= 0.3 is 0 Å². The van der Waals surface area contributed by atoms with Gasteiger partial charge < -0.3 is 4.57 Å². The van der Waals surface area contributed by atoms with Crippen LogP contribution < -0.4 is 0 Å². The van der Waals surface area contributed by atoms with E-state index in [0.717, 1.165) is 26.3 Å². The van der Waals surface area contributed by atoms with E-state index in [9.17, 15) is 0 Å². The largest absolute Gasteiger partial charge is 0.309 e. The number of benzene rings is 3. The fourth-order valence-electron chi connectivity index (χ4n) is 2.87. The van der Waals surface area contributed by atoms with Crippen molar-refractivity contribution < 1.29 is 4.11 Å². The number of nitrogens with zero attached hydrogens (tertiary/aromatic N) is 1. The van der Waals surface area contributed by atoms with E-state index in [1.165, 1.54) is 0 Å². The normalized spacial score (nSPS) is 14.0. The van der Waals surface area contributed by atoms with Crippen molar-refractivity contribution in [2.45, 2.75) is 6.85 Å². The summed E-state index contributed by atoms with van der Waals surface area (Å²) >= 11 is 3.53. The van der Waals surface area contributed by atoms with Crippen LogP contribution in [0, 0.1) is 6.85 Å². The minimum Gasteiger partial charge on any atom is -0.309 e. The van der Waals surface area contributed by atoms with Gasteiger partial charge in [0.05, 0.1) is 11.0 Å². The average Bonchev–Trinajstić information content (AvgIpc) is 2.88. The van der Waals surface area contributed by atoms with Crippen molar-refractivity contribution in [1.29, 1.82) is 0 Å². The van der Waals surface area contributed by atoms with Crippen LogP contribution >= 0.6 is 15.9 Å². The molecule has 0 radical (unpaired) electrons. The highest BCUT2D eigenvalue weighted by Crippen LogP contribution is 2.34. The van der Waals surface area contributed by atoms with E-state index in [2.05, 4.69) is 28.1 Å². The second-order valence-electron chi connectivity index (χ2n) is 5.03. The minimum absolute atomic E-state index is 0.357. The topological polar surface area (TPSA) is 4.93 Å². The molecular formula is C19H14BrN. The monoisotopic (exact) mass is 338 g/mol. The molecule has 0 aliphatic rings. The third-order valence-corrected chi connectivity index (χ3v) is 4.27. The molecule has 0 amide bonds. The second-order valence-corrected chi connectivity index (χ2v) is 5.95. The Morgan fingerprint density at radius 3 is 2.52 bits per heavy atom. The Hall–Kier alpha value is -2.06. The molecule has 0 spiro atoms. The van der Waals surface area contributed by atoms with Crippen LogP contribution in [0.4, 0.5) is 0 Å². The fourth-order valence-corrected chi connectivity index (χ4v) is 3.23. The Morgan fingerprint density at radius 1 is 0.857 bits per heavy atom. The number of hydrogen-bond acceptors (Lipinski definition) is 0. The van der Waals surface area contributed by atoms with E-state index in [0.29, 0.717) is 11.3 Å². The number of aryl methyl sites for hydroxylation is 1. The lowest BCUT2D eigenvalue weighted by molar-refractivity contribution is 1.15. The van der Waals surface area contributed by atoms with Gasteiger partial charge in [0, 0.05) is 25.0 Å². The zero-order valence-electron chi connectivity index (χ0n) is 14.2. The maximum Gasteiger partial charge on any atom is 0.0541 e. The van der Waals surface area contributed by atoms with Crippen molar-refractivity contribution in [3.63, 3.8) is 0 Å². The van der Waals surface area contributed by atoms with Gasteiger partial charge in [0.15, 0.2) is 0 Å². The Bertz CT molecular complexity index is 1060. The molecule has 1 heterocycles. The molecule has 0 aliphatic carbocycles. The Labute approximate surface area is 136 Å². The maximum absolute atomic E-state index is 7.88. The summed E-state index contributed by atoms with van der Waals surface area (Å²) in [4.78, 5) is 0. The van der Waals surface area contributed by atoms with Crippen molar-refractivity contribution in [2.75, 3.05) is 0 Å². The summed E-state index contributed by atoms with van der Waals surface area (Å²) in [5.74, 6) is 0. The van der Waals surface area contributed by atoms with Crippen LogP contribution in [0.1, 0.15) is 9.68 Å². The van der Waals surface area contributed by atoms with Gasteiger partial charge in [-0.05, 0) is 42.7 Å². The lowest BCUT2D eigenvalue weighted by Gasteiger charge is -2.10. The summed E-state index contributed by atoms with van der Waals surface area (Å²) in [6, 6.07) is 21.4. The van der Waals surface area contributed by atoms with Crippen molar-refractivity contribution in [1.82, 2.24) is 4.57 Å². The van der Waals surface area contributed by atoms with Gasteiger partial charge in [0.25, 0.3) is 0 Å². The smallest absolute Gasteiger partial charge is 0.0541 e. The lowest BCUT2D eigenvalue weighted by atomic mass is 10.2. The summed E-state index contributed by atoms with van der Waals surface area (Å²) < 4.78 is 26.7. The van der Waals surface area contributed by atoms with Gasteiger partial charge in [-0.3, -0.25) is 0 Å². The first kappa shape index (κ1) is 9.80. The van der Waals surface area contributed by atoms with E-state index in [1.54, 1.807) is 12.1 Å². The zero-order valence-corrected chi connectivity index (χ0v) is 12.8. The van der Waals surface area contributed by atoms with Gasteiger partial charge in [0.2, 0.25) is 0 Å². The Morgan fingerprint density at radius 2 is 1.62 bits per heavy atom. The van der Waals surface area contributed by atoms with Crippen LogP contribution in [-0.4, -0.2) is 4.57 Å². The molecule has 102 valence electrons. The number of para-hydroxylation sites is 2. The van der Waals surface area contributed by atoms with Crippen LogP contribution in [0.25, 0.3) is 27.5 Å². The van der Waals surface area contributed by atoms with Crippen molar-refractivity contribution in [3.8, 4) is 5.69 Å². The van der Waals surface area contributed by atoms with E-state index < -0.39 is 6.85 Å². The first-order valence-electron chi connectivity index (χ1n) is 8.25. The molecule has 1 nitrogen and oxygen atoms in total. The van der Waals surface area contributed by atoms with E-state index in [-0.39, 0.29) is 0 Å². The van der Waals surface area contributed by atoms with Crippen LogP contribution in [0.3, 0.4) is 0 Å². The summed E-state index contributed by atoms with van der Waals surface area (Å²) in [5.41, 5.74) is 3.06. The summed E-state index contributed by atoms with van der Waals surface area (Å²) in [5, 5.41) is 2.20. The number of halogens is 1. The minimum atomic E-state index is -2.16. The molecule has 2 heteroatoms. The molecule has 4 aromatic rings. The fraction of sp³-hybridized carbons (Fsp3) is 0.0526. The molecule has 0 fully saturated rings. The van der Waals surface area contributed by atoms with Gasteiger partial charge in [-0.15, -0.1) is 0 Å². The van der Waals surface area contributed by atoms with Crippen LogP contribution in [-0.2, 0) is 0 Å². The van der Waals surface area contributed by atoms with Crippen molar-refractivity contribution >= 4 is 37.7 Å². The number of hydrogen-bond donors (Lipinski definition) is 0. The van der Waals surface area contributed by atoms with Gasteiger partial charge in [0.1, 0.15) is 0 Å². The predicted octanol–water partition coefficient (Wildman–Crippen LogP) is 5.85. The molecule has 3 aromatic carbocycles. The van der Waals surface area contributed by atoms with Gasteiger partial charge in [-0.1, -0.05) is 52.3 Å². The molecule has 0 saturated heterocycles. The van der Waals surface area contributed by atoms with E-state index in [4.69, 9.17) is 4.11 Å². The van der Waals surface area contributed by atoms with Crippen molar-refractivity contribution in [3.05, 3.63) is 76.8 Å². The molecule has 0 aliphatic heterocycles. The molecule has 1 aromatic heterocycles. The Balaban J connectivity index is 2.18. The second kappa shape index (κ2) is 4.74. The lowest BCUT2D eigenvalue weighted by Crippen LogP contribution is -1.96. The summed E-state index contributed by atoms with van der Waals surface area (Å²) in [7, 11) is 0. The highest BCUT2D eigenvalue weighted by atomic mass is 79.9. The molecular weight excluding hydrogens is 322 g/mol. The standard InChI is InChI=1S/C19H14BrN/c1-13-6-2-4-8-17(13)21-18-9-5-3-7-15(18)16-12-14(20)10-11-19(16)21/h2-12H,1H3/i1D3. The van der Waals surface area contributed by atoms with Gasteiger partial charge in [-0.25, -0.2) is 0 Å².